The van der Waals surface area contributed by atoms with E-state index in [4.69, 9.17) is 0 Å². The van der Waals surface area contributed by atoms with Crippen molar-refractivity contribution < 1.29 is 9.53 Å². The van der Waals surface area contributed by atoms with E-state index < -0.39 is 11.5 Å². The highest BCUT2D eigenvalue weighted by Gasteiger charge is 2.15. The summed E-state index contributed by atoms with van der Waals surface area (Å²) in [4.78, 5) is 29.5. The zero-order valence-corrected chi connectivity index (χ0v) is 9.74. The van der Waals surface area contributed by atoms with Crippen molar-refractivity contribution in [3.8, 4) is 0 Å². The largest absolute Gasteiger partial charge is 0.465 e. The van der Waals surface area contributed by atoms with Crippen molar-refractivity contribution >= 4 is 5.97 Å². The van der Waals surface area contributed by atoms with Crippen molar-refractivity contribution in [1.29, 1.82) is 0 Å². The number of nitrogens with one attached hydrogen (secondary N) is 1. The Morgan fingerprint density at radius 1 is 1.50 bits per heavy atom. The second kappa shape index (κ2) is 5.44. The highest BCUT2D eigenvalue weighted by atomic mass is 16.5. The minimum atomic E-state index is -0.662. The Labute approximate surface area is 93.9 Å². The van der Waals surface area contributed by atoms with Gasteiger partial charge < -0.3 is 9.72 Å². The summed E-state index contributed by atoms with van der Waals surface area (Å²) in [5, 5.41) is 0. The van der Waals surface area contributed by atoms with Gasteiger partial charge in [0.25, 0.3) is 5.56 Å². The molecule has 0 amide bonds. The average molecular weight is 224 g/mol. The van der Waals surface area contributed by atoms with Crippen LogP contribution >= 0.6 is 0 Å². The molecule has 0 saturated carbocycles. The first-order chi connectivity index (χ1) is 7.63. The van der Waals surface area contributed by atoms with Crippen LogP contribution in [0.2, 0.25) is 0 Å². The first-order valence-electron chi connectivity index (χ1n) is 5.31. The van der Waals surface area contributed by atoms with Gasteiger partial charge in [-0.05, 0) is 12.8 Å². The van der Waals surface area contributed by atoms with Gasteiger partial charge in [0.2, 0.25) is 0 Å². The molecule has 0 aliphatic rings. The molecule has 1 aromatic rings. The van der Waals surface area contributed by atoms with E-state index >= 15 is 0 Å². The number of aromatic nitrogens is 2. The highest BCUT2D eigenvalue weighted by molar-refractivity contribution is 5.88. The molecule has 0 fully saturated rings. The molecule has 1 rings (SSSR count). The zero-order valence-electron chi connectivity index (χ0n) is 9.74. The molecule has 0 radical (unpaired) electrons. The Bertz CT molecular complexity index is 421. The monoisotopic (exact) mass is 224 g/mol. The lowest BCUT2D eigenvalue weighted by Gasteiger charge is -2.10. The molecule has 0 saturated heterocycles. The molecule has 1 heterocycles. The smallest absolute Gasteiger partial charge is 0.345 e. The molecule has 1 aromatic heterocycles. The molecule has 1 N–H and O–H groups in total. The van der Waals surface area contributed by atoms with Gasteiger partial charge in [0, 0.05) is 12.1 Å². The third-order valence-electron chi connectivity index (χ3n) is 2.60. The second-order valence-electron chi connectivity index (χ2n) is 3.52. The molecule has 0 aliphatic carbocycles. The van der Waals surface area contributed by atoms with Crippen LogP contribution in [0.5, 0.6) is 0 Å². The van der Waals surface area contributed by atoms with Crippen LogP contribution < -0.4 is 5.56 Å². The van der Waals surface area contributed by atoms with Crippen molar-refractivity contribution in [2.45, 2.75) is 32.6 Å². The fourth-order valence-corrected chi connectivity index (χ4v) is 1.55. The van der Waals surface area contributed by atoms with Crippen molar-refractivity contribution in [3.63, 3.8) is 0 Å². The second-order valence-corrected chi connectivity index (χ2v) is 3.52. The molecule has 0 atom stereocenters. The van der Waals surface area contributed by atoms with Gasteiger partial charge in [-0.25, -0.2) is 9.78 Å². The molecule has 88 valence electrons. The minimum absolute atomic E-state index is 0.0581. The standard InChI is InChI=1S/C11H16N2O3/c1-4-7(5-2)9-12-6-8(10(14)13-9)11(15)16-3/h6-7H,4-5H2,1-3H3,(H,12,13,14). The highest BCUT2D eigenvalue weighted by Crippen LogP contribution is 2.17. The van der Waals surface area contributed by atoms with Gasteiger partial charge in [0.15, 0.2) is 0 Å². The maximum Gasteiger partial charge on any atom is 0.345 e. The van der Waals surface area contributed by atoms with Gasteiger partial charge in [-0.1, -0.05) is 13.8 Å². The van der Waals surface area contributed by atoms with Crippen LogP contribution in [-0.2, 0) is 4.74 Å². The zero-order chi connectivity index (χ0) is 12.1. The Kier molecular flexibility index (Phi) is 4.22. The van der Waals surface area contributed by atoms with Crippen molar-refractivity contribution in [2.75, 3.05) is 7.11 Å². The van der Waals surface area contributed by atoms with E-state index in [0.29, 0.717) is 5.82 Å². The number of aromatic amines is 1. The van der Waals surface area contributed by atoms with E-state index in [1.807, 2.05) is 13.8 Å². The number of H-pyrrole nitrogens is 1. The summed E-state index contributed by atoms with van der Waals surface area (Å²) in [6, 6.07) is 0. The van der Waals surface area contributed by atoms with Crippen LogP contribution in [0.25, 0.3) is 0 Å². The summed E-state index contributed by atoms with van der Waals surface area (Å²) in [6.45, 7) is 4.06. The number of hydrogen-bond donors (Lipinski definition) is 1. The van der Waals surface area contributed by atoms with Gasteiger partial charge in [-0.3, -0.25) is 4.79 Å². The van der Waals surface area contributed by atoms with E-state index in [9.17, 15) is 9.59 Å². The first kappa shape index (κ1) is 12.4. The van der Waals surface area contributed by atoms with Crippen molar-refractivity contribution in [1.82, 2.24) is 9.97 Å². The predicted molar refractivity (Wildman–Crippen MR) is 59.5 cm³/mol. The third-order valence-corrected chi connectivity index (χ3v) is 2.60. The quantitative estimate of drug-likeness (QED) is 0.786. The minimum Gasteiger partial charge on any atom is -0.465 e. The SMILES string of the molecule is CCC(CC)c1ncc(C(=O)OC)c(=O)[nH]1. The maximum absolute atomic E-state index is 11.6. The van der Waals surface area contributed by atoms with E-state index in [0.717, 1.165) is 12.8 Å². The van der Waals surface area contributed by atoms with E-state index in [1.54, 1.807) is 0 Å². The third kappa shape index (κ3) is 2.48. The molecule has 5 nitrogen and oxygen atoms in total. The fraction of sp³-hybridized carbons (Fsp3) is 0.545. The maximum atomic E-state index is 11.6. The van der Waals surface area contributed by atoms with Crippen LogP contribution in [-0.4, -0.2) is 23.0 Å². The van der Waals surface area contributed by atoms with Crippen molar-refractivity contribution in [2.24, 2.45) is 0 Å². The van der Waals surface area contributed by atoms with Crippen LogP contribution in [0.3, 0.4) is 0 Å². The lowest BCUT2D eigenvalue weighted by atomic mass is 10.0. The van der Waals surface area contributed by atoms with E-state index in [1.165, 1.54) is 13.3 Å². The molecular weight excluding hydrogens is 208 g/mol. The number of carbonyl (C=O) groups excluding carboxylic acids is 1. The first-order valence-corrected chi connectivity index (χ1v) is 5.31. The molecule has 0 spiro atoms. The topological polar surface area (TPSA) is 72.0 Å². The number of nitrogens with zero attached hydrogens (tertiary/aromatic N) is 1. The van der Waals surface area contributed by atoms with Gasteiger partial charge in [0.1, 0.15) is 11.4 Å². The molecule has 5 heteroatoms. The normalized spacial score (nSPS) is 10.5. The van der Waals surface area contributed by atoms with Gasteiger partial charge in [-0.15, -0.1) is 0 Å². The van der Waals surface area contributed by atoms with Gasteiger partial charge in [0.05, 0.1) is 7.11 Å². The summed E-state index contributed by atoms with van der Waals surface area (Å²) in [5.41, 5.74) is -0.499. The molecule has 0 unspecified atom stereocenters. The Morgan fingerprint density at radius 2 is 2.12 bits per heavy atom. The summed E-state index contributed by atoms with van der Waals surface area (Å²) in [6.07, 6.45) is 3.08. The fourth-order valence-electron chi connectivity index (χ4n) is 1.55. The summed E-state index contributed by atoms with van der Waals surface area (Å²) in [5.74, 6) is 0.187. The Hall–Kier alpha value is -1.65. The summed E-state index contributed by atoms with van der Waals surface area (Å²) < 4.78 is 4.47. The Morgan fingerprint density at radius 3 is 2.56 bits per heavy atom. The van der Waals surface area contributed by atoms with Crippen LogP contribution in [0, 0.1) is 0 Å². The number of rotatable bonds is 4. The van der Waals surface area contributed by atoms with Crippen LogP contribution in [0.1, 0.15) is 48.8 Å². The number of esters is 1. The molecule has 0 bridgehead atoms. The summed E-state index contributed by atoms with van der Waals surface area (Å²) in [7, 11) is 1.23. The Balaban J connectivity index is 3.08. The molecule has 16 heavy (non-hydrogen) atoms. The van der Waals surface area contributed by atoms with Gasteiger partial charge in [-0.2, -0.15) is 0 Å². The lowest BCUT2D eigenvalue weighted by Crippen LogP contribution is -2.22. The van der Waals surface area contributed by atoms with Crippen molar-refractivity contribution in [3.05, 3.63) is 27.9 Å². The predicted octanol–water partition coefficient (Wildman–Crippen LogP) is 1.46. The van der Waals surface area contributed by atoms with Gasteiger partial charge >= 0.3 is 5.97 Å². The number of hydrogen-bond acceptors (Lipinski definition) is 4. The number of ether oxygens (including phenoxy) is 1. The van der Waals surface area contributed by atoms with E-state index in [-0.39, 0.29) is 11.5 Å². The summed E-state index contributed by atoms with van der Waals surface area (Å²) >= 11 is 0. The van der Waals surface area contributed by atoms with Crippen LogP contribution in [0.4, 0.5) is 0 Å². The number of carbonyl (C=O) groups is 1. The molecular formula is C11H16N2O3. The lowest BCUT2D eigenvalue weighted by molar-refractivity contribution is 0.0598. The van der Waals surface area contributed by atoms with E-state index in [2.05, 4.69) is 14.7 Å². The molecule has 0 aromatic carbocycles. The van der Waals surface area contributed by atoms with Crippen LogP contribution in [0.15, 0.2) is 11.0 Å². The molecule has 0 aliphatic heterocycles. The number of methoxy groups -OCH3 is 1. The average Bonchev–Trinajstić information content (AvgIpc) is 2.30.